The van der Waals surface area contributed by atoms with Gasteiger partial charge in [-0.2, -0.15) is 0 Å². The third kappa shape index (κ3) is 4.59. The van der Waals surface area contributed by atoms with Crippen LogP contribution in [0, 0.1) is 0 Å². The molecule has 0 aromatic heterocycles. The van der Waals surface area contributed by atoms with Gasteiger partial charge in [-0.3, -0.25) is 0 Å². The lowest BCUT2D eigenvalue weighted by Crippen LogP contribution is -2.47. The molecule has 0 bridgehead atoms. The lowest BCUT2D eigenvalue weighted by molar-refractivity contribution is -0.140. The molecule has 6 nitrogen and oxygen atoms in total. The van der Waals surface area contributed by atoms with Gasteiger partial charge in [0.15, 0.2) is 6.04 Å². The first-order valence-electron chi connectivity index (χ1n) is 6.03. The van der Waals surface area contributed by atoms with Crippen molar-refractivity contribution in [2.45, 2.75) is 25.9 Å². The molecule has 104 valence electrons. The molecule has 0 aliphatic rings. The summed E-state index contributed by atoms with van der Waals surface area (Å²) in [5.41, 5.74) is 2.11. The second kappa shape index (κ2) is 7.38. The van der Waals surface area contributed by atoms with E-state index in [1.807, 2.05) is 31.2 Å². The Kier molecular flexibility index (Phi) is 5.81. The average Bonchev–Trinajstić information content (AvgIpc) is 2.42. The molecular weight excluding hydrogens is 248 g/mol. The minimum Gasteiger partial charge on any atom is -0.480 e. The van der Waals surface area contributed by atoms with Crippen molar-refractivity contribution in [3.63, 3.8) is 0 Å². The van der Waals surface area contributed by atoms with Gasteiger partial charge in [-0.05, 0) is 17.5 Å². The molecule has 0 heterocycles. The predicted octanol–water partition coefficient (Wildman–Crippen LogP) is 0.494. The molecule has 0 fully saturated rings. The second-order valence-corrected chi connectivity index (χ2v) is 4.02. The number of carbonyl (C=O) groups excluding carboxylic acids is 1. The van der Waals surface area contributed by atoms with E-state index in [-0.39, 0.29) is 0 Å². The number of aliphatic hydroxyl groups is 1. The van der Waals surface area contributed by atoms with Gasteiger partial charge in [-0.15, -0.1) is 0 Å². The van der Waals surface area contributed by atoms with Crippen molar-refractivity contribution in [2.24, 2.45) is 0 Å². The number of hydrogen-bond acceptors (Lipinski definition) is 3. The van der Waals surface area contributed by atoms with Crippen molar-refractivity contribution in [3.8, 4) is 0 Å². The van der Waals surface area contributed by atoms with E-state index in [1.54, 1.807) is 0 Å². The maximum atomic E-state index is 11.5. The molecule has 0 radical (unpaired) electrons. The zero-order valence-corrected chi connectivity index (χ0v) is 10.7. The minimum atomic E-state index is -1.29. The van der Waals surface area contributed by atoms with Crippen molar-refractivity contribution in [1.82, 2.24) is 10.6 Å². The largest absolute Gasteiger partial charge is 0.480 e. The van der Waals surface area contributed by atoms with Crippen LogP contribution in [0.4, 0.5) is 4.79 Å². The van der Waals surface area contributed by atoms with Gasteiger partial charge in [-0.1, -0.05) is 31.2 Å². The van der Waals surface area contributed by atoms with Crippen LogP contribution < -0.4 is 10.6 Å². The number of aliphatic carboxylic acids is 1. The van der Waals surface area contributed by atoms with Gasteiger partial charge in [0.05, 0.1) is 6.61 Å². The first kappa shape index (κ1) is 15.0. The smallest absolute Gasteiger partial charge is 0.328 e. The molecule has 19 heavy (non-hydrogen) atoms. The van der Waals surface area contributed by atoms with Crippen LogP contribution in [0.3, 0.4) is 0 Å². The van der Waals surface area contributed by atoms with Gasteiger partial charge in [0.2, 0.25) is 0 Å². The summed E-state index contributed by atoms with van der Waals surface area (Å²) in [4.78, 5) is 22.1. The number of carboxylic acid groups (broad SMARTS) is 1. The van der Waals surface area contributed by atoms with Crippen molar-refractivity contribution in [1.29, 1.82) is 0 Å². The highest BCUT2D eigenvalue weighted by Gasteiger charge is 2.18. The topological polar surface area (TPSA) is 98.7 Å². The standard InChI is InChI=1S/C13H18N2O4/c1-2-9-5-3-4-6-10(9)7-14-13(19)15-11(8-16)12(17)18/h3-6,11,16H,2,7-8H2,1H3,(H,17,18)(H2,14,15,19). The van der Waals surface area contributed by atoms with Gasteiger partial charge < -0.3 is 20.8 Å². The summed E-state index contributed by atoms with van der Waals surface area (Å²) >= 11 is 0. The average molecular weight is 266 g/mol. The molecule has 0 saturated carbocycles. The Morgan fingerprint density at radius 1 is 1.26 bits per heavy atom. The number of aryl methyl sites for hydroxylation is 1. The van der Waals surface area contributed by atoms with Crippen LogP contribution in [0.15, 0.2) is 24.3 Å². The monoisotopic (exact) mass is 266 g/mol. The summed E-state index contributed by atoms with van der Waals surface area (Å²) in [7, 11) is 0. The van der Waals surface area contributed by atoms with Gasteiger partial charge in [0.1, 0.15) is 0 Å². The predicted molar refractivity (Wildman–Crippen MR) is 69.7 cm³/mol. The van der Waals surface area contributed by atoms with Gasteiger partial charge in [0, 0.05) is 6.54 Å². The third-order valence-electron chi connectivity index (χ3n) is 2.72. The highest BCUT2D eigenvalue weighted by Crippen LogP contribution is 2.08. The van der Waals surface area contributed by atoms with Crippen molar-refractivity contribution < 1.29 is 19.8 Å². The summed E-state index contributed by atoms with van der Waals surface area (Å²) in [6, 6.07) is 5.77. The molecule has 1 rings (SSSR count). The van der Waals surface area contributed by atoms with Crippen molar-refractivity contribution in [3.05, 3.63) is 35.4 Å². The van der Waals surface area contributed by atoms with E-state index in [1.165, 1.54) is 0 Å². The Morgan fingerprint density at radius 2 is 1.89 bits per heavy atom. The molecule has 1 aromatic carbocycles. The number of carboxylic acids is 1. The molecule has 0 aliphatic heterocycles. The van der Waals surface area contributed by atoms with Gasteiger partial charge >= 0.3 is 12.0 Å². The van der Waals surface area contributed by atoms with Gasteiger partial charge in [-0.25, -0.2) is 9.59 Å². The van der Waals surface area contributed by atoms with E-state index in [2.05, 4.69) is 10.6 Å². The number of rotatable bonds is 6. The molecule has 0 aliphatic carbocycles. The van der Waals surface area contributed by atoms with Crippen LogP contribution in [0.5, 0.6) is 0 Å². The lowest BCUT2D eigenvalue weighted by Gasteiger charge is -2.13. The number of urea groups is 1. The Hall–Kier alpha value is -2.08. The van der Waals surface area contributed by atoms with Crippen molar-refractivity contribution >= 4 is 12.0 Å². The highest BCUT2D eigenvalue weighted by atomic mass is 16.4. The fourth-order valence-electron chi connectivity index (χ4n) is 1.65. The first-order valence-corrected chi connectivity index (χ1v) is 6.03. The maximum Gasteiger partial charge on any atom is 0.328 e. The Balaban J connectivity index is 2.52. The Labute approximate surface area is 111 Å². The van der Waals surface area contributed by atoms with E-state index in [9.17, 15) is 9.59 Å². The summed E-state index contributed by atoms with van der Waals surface area (Å²) in [6.45, 7) is 1.69. The fourth-order valence-corrected chi connectivity index (χ4v) is 1.65. The summed E-state index contributed by atoms with van der Waals surface area (Å²) in [5.74, 6) is -1.27. The summed E-state index contributed by atoms with van der Waals surface area (Å²) in [5, 5.41) is 22.2. The Morgan fingerprint density at radius 3 is 2.42 bits per heavy atom. The molecule has 1 unspecified atom stereocenters. The van der Waals surface area contributed by atoms with Gasteiger partial charge in [0.25, 0.3) is 0 Å². The SMILES string of the molecule is CCc1ccccc1CNC(=O)NC(CO)C(=O)O. The number of hydrogen-bond donors (Lipinski definition) is 4. The fraction of sp³-hybridized carbons (Fsp3) is 0.385. The van der Waals surface area contributed by atoms with Crippen LogP contribution in [-0.4, -0.2) is 34.9 Å². The van der Waals surface area contributed by atoms with Crippen molar-refractivity contribution in [2.75, 3.05) is 6.61 Å². The molecule has 1 aromatic rings. The highest BCUT2D eigenvalue weighted by molar-refractivity contribution is 5.82. The zero-order valence-electron chi connectivity index (χ0n) is 10.7. The summed E-state index contributed by atoms with van der Waals surface area (Å²) in [6.07, 6.45) is 0.855. The molecular formula is C13H18N2O4. The zero-order chi connectivity index (χ0) is 14.3. The maximum absolute atomic E-state index is 11.5. The molecule has 6 heteroatoms. The van der Waals surface area contributed by atoms with E-state index in [0.717, 1.165) is 17.5 Å². The molecule has 0 spiro atoms. The van der Waals surface area contributed by atoms with Crippen LogP contribution in [0.25, 0.3) is 0 Å². The number of nitrogens with one attached hydrogen (secondary N) is 2. The third-order valence-corrected chi connectivity index (χ3v) is 2.72. The van der Waals surface area contributed by atoms with E-state index in [0.29, 0.717) is 6.54 Å². The lowest BCUT2D eigenvalue weighted by atomic mass is 10.1. The van der Waals surface area contributed by atoms with Crippen LogP contribution in [-0.2, 0) is 17.8 Å². The first-order chi connectivity index (χ1) is 9.08. The van der Waals surface area contributed by atoms with E-state index >= 15 is 0 Å². The molecule has 4 N–H and O–H groups in total. The minimum absolute atomic E-state index is 0.313. The van der Waals surface area contributed by atoms with E-state index in [4.69, 9.17) is 10.2 Å². The van der Waals surface area contributed by atoms with Crippen LogP contribution >= 0.6 is 0 Å². The number of amides is 2. The van der Waals surface area contributed by atoms with E-state index < -0.39 is 24.6 Å². The number of carbonyl (C=O) groups is 2. The molecule has 0 saturated heterocycles. The normalized spacial score (nSPS) is 11.7. The second-order valence-electron chi connectivity index (χ2n) is 4.02. The Bertz CT molecular complexity index is 448. The quantitative estimate of drug-likeness (QED) is 0.602. The number of aliphatic hydroxyl groups excluding tert-OH is 1. The molecule has 1 atom stereocenters. The summed E-state index contributed by atoms with van der Waals surface area (Å²) < 4.78 is 0. The molecule has 2 amide bonds. The number of benzene rings is 1. The van der Waals surface area contributed by atoms with Crippen LogP contribution in [0.1, 0.15) is 18.1 Å². The van der Waals surface area contributed by atoms with Crippen LogP contribution in [0.2, 0.25) is 0 Å².